The highest BCUT2D eigenvalue weighted by atomic mass is 32.1. The fraction of sp³-hybridized carbons (Fsp3) is 0.100. The van der Waals surface area contributed by atoms with Crippen LogP contribution in [-0.2, 0) is 12.7 Å². The van der Waals surface area contributed by atoms with Crippen LogP contribution in [0.2, 0.25) is 0 Å². The zero-order valence-corrected chi connectivity index (χ0v) is 15.1. The Morgan fingerprint density at radius 1 is 0.964 bits per heavy atom. The zero-order chi connectivity index (χ0) is 19.7. The molecule has 2 heterocycles. The van der Waals surface area contributed by atoms with E-state index in [2.05, 4.69) is 15.3 Å². The van der Waals surface area contributed by atoms with E-state index >= 15 is 0 Å². The van der Waals surface area contributed by atoms with E-state index in [1.807, 2.05) is 6.07 Å². The second-order valence-corrected chi connectivity index (χ2v) is 7.16. The Labute approximate surface area is 161 Å². The van der Waals surface area contributed by atoms with Gasteiger partial charge in [-0.15, -0.1) is 11.3 Å². The molecule has 0 saturated heterocycles. The molecule has 0 spiro atoms. The number of halogens is 4. The fourth-order valence-electron chi connectivity index (χ4n) is 2.78. The Hall–Kier alpha value is -3.00. The van der Waals surface area contributed by atoms with Crippen LogP contribution in [0.25, 0.3) is 20.7 Å². The van der Waals surface area contributed by atoms with Gasteiger partial charge >= 0.3 is 6.18 Å². The van der Waals surface area contributed by atoms with Crippen LogP contribution in [0.3, 0.4) is 0 Å². The van der Waals surface area contributed by atoms with Crippen molar-refractivity contribution in [1.82, 2.24) is 9.97 Å². The molecule has 0 aliphatic carbocycles. The van der Waals surface area contributed by atoms with Crippen molar-refractivity contribution in [2.45, 2.75) is 12.7 Å². The van der Waals surface area contributed by atoms with Crippen LogP contribution in [0.1, 0.15) is 11.1 Å². The Bertz CT molecular complexity index is 1120. The molecule has 2 aromatic heterocycles. The minimum atomic E-state index is -4.38. The summed E-state index contributed by atoms with van der Waals surface area (Å²) < 4.78 is 52.5. The monoisotopic (exact) mass is 403 g/mol. The van der Waals surface area contributed by atoms with Gasteiger partial charge in [-0.05, 0) is 41.5 Å². The highest BCUT2D eigenvalue weighted by Gasteiger charge is 2.30. The Balaban J connectivity index is 1.60. The molecule has 0 radical (unpaired) electrons. The summed E-state index contributed by atoms with van der Waals surface area (Å²) in [6.07, 6.45) is -2.98. The standard InChI is InChI=1S/C20H13F4N3S/c21-15-6-4-13(5-7-15)17-9-16-18(28-17)19(27-11-26-16)25-10-12-2-1-3-14(8-12)20(22,23)24/h1-9,11H,10H2,(H,25,26,27). The lowest BCUT2D eigenvalue weighted by atomic mass is 10.1. The van der Waals surface area contributed by atoms with Gasteiger partial charge in [0.15, 0.2) is 0 Å². The lowest BCUT2D eigenvalue weighted by molar-refractivity contribution is -0.137. The van der Waals surface area contributed by atoms with Crippen LogP contribution in [-0.4, -0.2) is 9.97 Å². The van der Waals surface area contributed by atoms with Gasteiger partial charge in [-0.2, -0.15) is 13.2 Å². The number of anilines is 1. The average molecular weight is 403 g/mol. The smallest absolute Gasteiger partial charge is 0.365 e. The molecule has 4 rings (SSSR count). The molecule has 0 aliphatic rings. The van der Waals surface area contributed by atoms with Crippen molar-refractivity contribution >= 4 is 27.4 Å². The van der Waals surface area contributed by atoms with Crippen molar-refractivity contribution in [3.05, 3.63) is 77.9 Å². The summed E-state index contributed by atoms with van der Waals surface area (Å²) in [5.41, 5.74) is 1.38. The number of rotatable bonds is 4. The van der Waals surface area contributed by atoms with Crippen LogP contribution in [0.4, 0.5) is 23.4 Å². The van der Waals surface area contributed by atoms with Crippen LogP contribution in [0, 0.1) is 5.82 Å². The molecule has 2 aromatic carbocycles. The summed E-state index contributed by atoms with van der Waals surface area (Å²) in [5, 5.41) is 3.09. The number of thiophene rings is 1. The number of aromatic nitrogens is 2. The van der Waals surface area contributed by atoms with Crippen molar-refractivity contribution in [1.29, 1.82) is 0 Å². The molecule has 1 N–H and O–H groups in total. The van der Waals surface area contributed by atoms with E-state index in [0.717, 1.165) is 27.3 Å². The van der Waals surface area contributed by atoms with Gasteiger partial charge in [-0.3, -0.25) is 0 Å². The molecule has 0 amide bonds. The van der Waals surface area contributed by atoms with E-state index < -0.39 is 11.7 Å². The molecule has 28 heavy (non-hydrogen) atoms. The summed E-state index contributed by atoms with van der Waals surface area (Å²) in [5.74, 6) is 0.230. The van der Waals surface area contributed by atoms with E-state index in [9.17, 15) is 17.6 Å². The molecule has 0 aliphatic heterocycles. The van der Waals surface area contributed by atoms with Gasteiger partial charge in [0.1, 0.15) is 18.0 Å². The second-order valence-electron chi connectivity index (χ2n) is 6.11. The summed E-state index contributed by atoms with van der Waals surface area (Å²) in [7, 11) is 0. The van der Waals surface area contributed by atoms with E-state index in [1.165, 1.54) is 35.9 Å². The van der Waals surface area contributed by atoms with Gasteiger partial charge in [-0.1, -0.05) is 24.3 Å². The van der Waals surface area contributed by atoms with Crippen LogP contribution < -0.4 is 5.32 Å². The van der Waals surface area contributed by atoms with Crippen molar-refractivity contribution in [3.8, 4) is 10.4 Å². The number of hydrogen-bond donors (Lipinski definition) is 1. The van der Waals surface area contributed by atoms with Crippen molar-refractivity contribution < 1.29 is 17.6 Å². The van der Waals surface area contributed by atoms with Crippen LogP contribution in [0.15, 0.2) is 60.9 Å². The lowest BCUT2D eigenvalue weighted by Gasteiger charge is -2.10. The van der Waals surface area contributed by atoms with Gasteiger partial charge in [0.25, 0.3) is 0 Å². The fourth-order valence-corrected chi connectivity index (χ4v) is 3.86. The summed E-state index contributed by atoms with van der Waals surface area (Å²) >= 11 is 1.44. The molecule has 8 heteroatoms. The topological polar surface area (TPSA) is 37.8 Å². The van der Waals surface area contributed by atoms with E-state index in [4.69, 9.17) is 0 Å². The van der Waals surface area contributed by atoms with Crippen molar-refractivity contribution in [2.24, 2.45) is 0 Å². The molecular formula is C20H13F4N3S. The van der Waals surface area contributed by atoms with Crippen LogP contribution >= 0.6 is 11.3 Å². The van der Waals surface area contributed by atoms with Gasteiger partial charge in [-0.25, -0.2) is 14.4 Å². The first kappa shape index (κ1) is 18.4. The normalized spacial score (nSPS) is 11.7. The highest BCUT2D eigenvalue weighted by molar-refractivity contribution is 7.22. The van der Waals surface area contributed by atoms with Gasteiger partial charge in [0.05, 0.1) is 15.8 Å². The minimum Gasteiger partial charge on any atom is -0.365 e. The SMILES string of the molecule is Fc1ccc(-c2cc3ncnc(NCc4cccc(C(F)(F)F)c4)c3s2)cc1. The van der Waals surface area contributed by atoms with Crippen molar-refractivity contribution in [2.75, 3.05) is 5.32 Å². The molecule has 142 valence electrons. The third kappa shape index (κ3) is 3.82. The summed E-state index contributed by atoms with van der Waals surface area (Å²) in [4.78, 5) is 9.36. The number of nitrogens with one attached hydrogen (secondary N) is 1. The predicted molar refractivity (Wildman–Crippen MR) is 102 cm³/mol. The molecule has 0 saturated carbocycles. The highest BCUT2D eigenvalue weighted by Crippen LogP contribution is 2.36. The maximum atomic E-state index is 13.1. The number of nitrogens with zero attached hydrogens (tertiary/aromatic N) is 2. The second kappa shape index (κ2) is 7.20. The van der Waals surface area contributed by atoms with Crippen LogP contribution in [0.5, 0.6) is 0 Å². The Kier molecular flexibility index (Phi) is 4.72. The zero-order valence-electron chi connectivity index (χ0n) is 14.3. The van der Waals surface area contributed by atoms with E-state index in [-0.39, 0.29) is 12.4 Å². The Morgan fingerprint density at radius 3 is 2.50 bits per heavy atom. The van der Waals surface area contributed by atoms with E-state index in [1.54, 1.807) is 18.2 Å². The molecule has 3 nitrogen and oxygen atoms in total. The quantitative estimate of drug-likeness (QED) is 0.417. The average Bonchev–Trinajstić information content (AvgIpc) is 3.11. The maximum absolute atomic E-state index is 13.1. The van der Waals surface area contributed by atoms with Crippen molar-refractivity contribution in [3.63, 3.8) is 0 Å². The first-order valence-electron chi connectivity index (χ1n) is 8.30. The predicted octanol–water partition coefficient (Wildman–Crippen LogP) is 6.13. The largest absolute Gasteiger partial charge is 0.416 e. The third-order valence-electron chi connectivity index (χ3n) is 4.15. The van der Waals surface area contributed by atoms with Gasteiger partial charge in [0.2, 0.25) is 0 Å². The third-order valence-corrected chi connectivity index (χ3v) is 5.33. The molecule has 0 atom stereocenters. The maximum Gasteiger partial charge on any atom is 0.416 e. The number of benzene rings is 2. The molecular weight excluding hydrogens is 390 g/mol. The minimum absolute atomic E-state index is 0.194. The number of hydrogen-bond acceptors (Lipinski definition) is 4. The summed E-state index contributed by atoms with van der Waals surface area (Å²) in [6, 6.07) is 13.2. The first-order valence-corrected chi connectivity index (χ1v) is 9.12. The lowest BCUT2D eigenvalue weighted by Crippen LogP contribution is -2.07. The molecule has 0 fully saturated rings. The molecule has 4 aromatic rings. The first-order chi connectivity index (χ1) is 13.4. The summed E-state index contributed by atoms with van der Waals surface area (Å²) in [6.45, 7) is 0.194. The number of fused-ring (bicyclic) bond motifs is 1. The van der Waals surface area contributed by atoms with Gasteiger partial charge < -0.3 is 5.32 Å². The Morgan fingerprint density at radius 2 is 1.75 bits per heavy atom. The molecule has 0 bridgehead atoms. The number of alkyl halides is 3. The van der Waals surface area contributed by atoms with E-state index in [0.29, 0.717) is 16.9 Å². The van der Waals surface area contributed by atoms with Gasteiger partial charge in [0, 0.05) is 11.4 Å². The molecule has 0 unspecified atom stereocenters.